The first-order valence-corrected chi connectivity index (χ1v) is 14.8. The number of aliphatic carboxylic acids is 1. The van der Waals surface area contributed by atoms with Crippen molar-refractivity contribution in [1.29, 1.82) is 0 Å². The molecule has 0 fully saturated rings. The zero-order valence-electron chi connectivity index (χ0n) is 22.9. The second kappa shape index (κ2) is 21.8. The van der Waals surface area contributed by atoms with Gasteiger partial charge in [0.05, 0.1) is 12.2 Å². The molecule has 1 aliphatic rings. The van der Waals surface area contributed by atoms with Crippen molar-refractivity contribution in [2.24, 2.45) is 10.7 Å². The Balaban J connectivity index is 1.89. The maximum atomic E-state index is 11.2. The van der Waals surface area contributed by atoms with Crippen LogP contribution in [0.5, 0.6) is 0 Å². The number of amidine groups is 1. The van der Waals surface area contributed by atoms with E-state index in [4.69, 9.17) is 5.73 Å². The van der Waals surface area contributed by atoms with E-state index in [1.807, 2.05) is 6.20 Å². The van der Waals surface area contributed by atoms with Crippen molar-refractivity contribution in [2.45, 2.75) is 135 Å². The molecule has 1 atom stereocenters. The molecule has 0 aromatic carbocycles. The quantitative estimate of drug-likeness (QED) is 0.0872. The third kappa shape index (κ3) is 16.0. The molecule has 0 spiro atoms. The van der Waals surface area contributed by atoms with Gasteiger partial charge < -0.3 is 15.6 Å². The van der Waals surface area contributed by atoms with Crippen LogP contribution in [0.2, 0.25) is 0 Å². The van der Waals surface area contributed by atoms with E-state index in [1.54, 1.807) is 6.20 Å². The third-order valence-corrected chi connectivity index (χ3v) is 7.19. The summed E-state index contributed by atoms with van der Waals surface area (Å²) in [6.45, 7) is 3.22. The smallest absolute Gasteiger partial charge is 0.207 e. The average molecular weight is 490 g/mol. The predicted molar refractivity (Wildman–Crippen MR) is 148 cm³/mol. The summed E-state index contributed by atoms with van der Waals surface area (Å²) in [6, 6.07) is 0. The number of unbranched alkanes of at least 4 members (excludes halogenated alkanes) is 17. The zero-order valence-corrected chi connectivity index (χ0v) is 22.9. The summed E-state index contributed by atoms with van der Waals surface area (Å²) in [5.41, 5.74) is 5.72. The number of carboxylic acid groups (broad SMARTS) is 1. The third-order valence-electron chi connectivity index (χ3n) is 7.19. The Morgan fingerprint density at radius 1 is 0.829 bits per heavy atom. The molecule has 0 bridgehead atoms. The van der Waals surface area contributed by atoms with Crippen molar-refractivity contribution in [3.63, 3.8) is 0 Å². The number of rotatable bonds is 25. The van der Waals surface area contributed by atoms with Gasteiger partial charge in [-0.15, -0.1) is 0 Å². The summed E-state index contributed by atoms with van der Waals surface area (Å²) in [6.07, 6.45) is 34.5. The highest BCUT2D eigenvalue weighted by Gasteiger charge is 2.34. The van der Waals surface area contributed by atoms with Gasteiger partial charge in [-0.2, -0.15) is 0 Å². The lowest BCUT2D eigenvalue weighted by Gasteiger charge is -2.32. The van der Waals surface area contributed by atoms with E-state index in [9.17, 15) is 9.90 Å². The van der Waals surface area contributed by atoms with Crippen LogP contribution in [0.25, 0.3) is 0 Å². The fourth-order valence-electron chi connectivity index (χ4n) is 5.04. The van der Waals surface area contributed by atoms with E-state index in [0.29, 0.717) is 13.1 Å². The number of carboxylic acids is 1. The van der Waals surface area contributed by atoms with Crippen LogP contribution in [0.4, 0.5) is 0 Å². The minimum Gasteiger partial charge on any atom is -0.544 e. The molecule has 1 rings (SSSR count). The van der Waals surface area contributed by atoms with Gasteiger partial charge in [-0.05, 0) is 32.1 Å². The van der Waals surface area contributed by atoms with Crippen molar-refractivity contribution in [3.05, 3.63) is 24.6 Å². The standard InChI is InChI=1S/C30H55N3O2/c1-2-3-4-5-6-7-8-9-10-11-12-13-14-15-16-17-18-19-20-21-22-23-29-32-25-27-33(29,26-24-31)28-30(34)35/h12-13,25,27H,2-11,14-24,26,28,31H2,1H3/b13-12+. The van der Waals surface area contributed by atoms with E-state index in [2.05, 4.69) is 24.1 Å². The number of nitrogens with zero attached hydrogens (tertiary/aromatic N) is 2. The van der Waals surface area contributed by atoms with Gasteiger partial charge in [0.15, 0.2) is 0 Å². The Morgan fingerprint density at radius 3 is 1.80 bits per heavy atom. The number of nitrogens with two attached hydrogens (primary N) is 1. The summed E-state index contributed by atoms with van der Waals surface area (Å²) < 4.78 is 0.243. The van der Waals surface area contributed by atoms with Gasteiger partial charge in [0, 0.05) is 13.0 Å². The van der Waals surface area contributed by atoms with Crippen LogP contribution in [0.3, 0.4) is 0 Å². The van der Waals surface area contributed by atoms with Gasteiger partial charge in [0.1, 0.15) is 19.3 Å². The first kappa shape index (κ1) is 31.6. The minimum absolute atomic E-state index is 0.0685. The van der Waals surface area contributed by atoms with E-state index in [1.165, 1.54) is 116 Å². The number of quaternary nitrogens is 1. The van der Waals surface area contributed by atoms with Gasteiger partial charge in [0.2, 0.25) is 5.84 Å². The van der Waals surface area contributed by atoms with E-state index >= 15 is 0 Å². The van der Waals surface area contributed by atoms with Crippen molar-refractivity contribution in [2.75, 3.05) is 19.6 Å². The lowest BCUT2D eigenvalue weighted by molar-refractivity contribution is -0.780. The van der Waals surface area contributed by atoms with E-state index in [-0.39, 0.29) is 11.0 Å². The largest absolute Gasteiger partial charge is 0.544 e. The topological polar surface area (TPSA) is 78.5 Å². The molecule has 1 unspecified atom stereocenters. The molecule has 1 aliphatic heterocycles. The molecule has 0 aromatic heterocycles. The molecule has 0 saturated heterocycles. The van der Waals surface area contributed by atoms with Gasteiger partial charge >= 0.3 is 0 Å². The average Bonchev–Trinajstić information content (AvgIpc) is 3.21. The molecule has 1 heterocycles. The maximum Gasteiger partial charge on any atom is 0.207 e. The van der Waals surface area contributed by atoms with Crippen molar-refractivity contribution < 1.29 is 14.4 Å². The highest BCUT2D eigenvalue weighted by molar-refractivity contribution is 5.80. The summed E-state index contributed by atoms with van der Waals surface area (Å²) in [5.74, 6) is -0.127. The van der Waals surface area contributed by atoms with Crippen LogP contribution in [0.1, 0.15) is 135 Å². The summed E-state index contributed by atoms with van der Waals surface area (Å²) in [7, 11) is 0. The Bertz CT molecular complexity index is 615. The molecule has 0 radical (unpaired) electrons. The van der Waals surface area contributed by atoms with Crippen molar-refractivity contribution in [1.82, 2.24) is 0 Å². The molecule has 202 valence electrons. The SMILES string of the molecule is CCCCCCCCCCC/C=C/CCCCCCCCCCC1=NC=C[N+]1(CCN)CC(=O)[O-]. The minimum atomic E-state index is -1.05. The first-order valence-electron chi connectivity index (χ1n) is 14.8. The Kier molecular flexibility index (Phi) is 19.7. The predicted octanol–water partition coefficient (Wildman–Crippen LogP) is 6.77. The number of allylic oxidation sites excluding steroid dienone is 2. The number of carbonyl (C=O) groups excluding carboxylic acids is 1. The Labute approximate surface area is 216 Å². The number of aliphatic imine (C=N–C) groups is 1. The van der Waals surface area contributed by atoms with Crippen LogP contribution in [-0.2, 0) is 4.79 Å². The molecule has 35 heavy (non-hydrogen) atoms. The lowest BCUT2D eigenvalue weighted by Crippen LogP contribution is -2.55. The molecule has 5 heteroatoms. The molecular weight excluding hydrogens is 434 g/mol. The monoisotopic (exact) mass is 489 g/mol. The van der Waals surface area contributed by atoms with Crippen LogP contribution in [0.15, 0.2) is 29.5 Å². The van der Waals surface area contributed by atoms with E-state index < -0.39 is 5.97 Å². The Morgan fingerprint density at radius 2 is 1.31 bits per heavy atom. The molecular formula is C30H55N3O2. The number of hydrogen-bond acceptors (Lipinski definition) is 4. The molecule has 5 nitrogen and oxygen atoms in total. The van der Waals surface area contributed by atoms with E-state index in [0.717, 1.165) is 18.7 Å². The molecule has 2 N–H and O–H groups in total. The van der Waals surface area contributed by atoms with Gasteiger partial charge in [-0.3, -0.25) is 0 Å². The van der Waals surface area contributed by atoms with Crippen LogP contribution in [0, 0.1) is 0 Å². The first-order chi connectivity index (χ1) is 17.1. The maximum absolute atomic E-state index is 11.2. The van der Waals surface area contributed by atoms with Crippen LogP contribution in [-0.4, -0.2) is 35.9 Å². The second-order valence-electron chi connectivity index (χ2n) is 10.4. The molecule has 0 aromatic rings. The van der Waals surface area contributed by atoms with Gasteiger partial charge in [0.25, 0.3) is 0 Å². The van der Waals surface area contributed by atoms with Crippen molar-refractivity contribution in [3.8, 4) is 0 Å². The van der Waals surface area contributed by atoms with Crippen LogP contribution < -0.4 is 10.8 Å². The molecule has 0 amide bonds. The van der Waals surface area contributed by atoms with Gasteiger partial charge in [-0.1, -0.05) is 109 Å². The lowest BCUT2D eigenvalue weighted by atomic mass is 10.0. The van der Waals surface area contributed by atoms with Crippen LogP contribution >= 0.6 is 0 Å². The molecule has 0 saturated carbocycles. The second-order valence-corrected chi connectivity index (χ2v) is 10.4. The van der Waals surface area contributed by atoms with Gasteiger partial charge in [-0.25, -0.2) is 9.48 Å². The van der Waals surface area contributed by atoms with Crippen molar-refractivity contribution >= 4 is 11.8 Å². The summed E-state index contributed by atoms with van der Waals surface area (Å²) in [4.78, 5) is 15.6. The number of hydrogen-bond donors (Lipinski definition) is 1. The fraction of sp³-hybridized carbons (Fsp3) is 0.800. The highest BCUT2D eigenvalue weighted by Crippen LogP contribution is 2.21. The Hall–Kier alpha value is -1.46. The molecule has 0 aliphatic carbocycles. The summed E-state index contributed by atoms with van der Waals surface area (Å²) in [5, 5.41) is 11.2. The normalized spacial score (nSPS) is 17.5. The number of carbonyl (C=O) groups is 1. The highest BCUT2D eigenvalue weighted by atomic mass is 16.4. The fourth-order valence-corrected chi connectivity index (χ4v) is 5.04. The summed E-state index contributed by atoms with van der Waals surface area (Å²) >= 11 is 0. The zero-order chi connectivity index (χ0) is 25.5.